The molecule has 0 heterocycles. The molecule has 0 fully saturated rings. The monoisotopic (exact) mass is 394 g/mol. The first-order valence-electron chi connectivity index (χ1n) is 7.34. The Labute approximate surface area is 159 Å². The minimum Gasteiger partial charge on any atom is -0.379 e. The van der Waals surface area contributed by atoms with Gasteiger partial charge in [0.2, 0.25) is 0 Å². The second-order valence-electron chi connectivity index (χ2n) is 5.27. The predicted octanol–water partition coefficient (Wildman–Crippen LogP) is 4.54. The van der Waals surface area contributed by atoms with Gasteiger partial charge in [0.25, 0.3) is 0 Å². The highest BCUT2D eigenvalue weighted by molar-refractivity contribution is 8.13. The lowest BCUT2D eigenvalue weighted by Crippen LogP contribution is -2.04. The van der Waals surface area contributed by atoms with Crippen LogP contribution in [0.25, 0.3) is 0 Å². The van der Waals surface area contributed by atoms with Crippen LogP contribution >= 0.6 is 35.3 Å². The number of hydrogen-bond acceptors (Lipinski definition) is 5. The van der Waals surface area contributed by atoms with Crippen LogP contribution in [0, 0.1) is 23.6 Å². The lowest BCUT2D eigenvalue weighted by molar-refractivity contribution is 0.625. The summed E-state index contributed by atoms with van der Waals surface area (Å²) in [7, 11) is 0. The molecule has 2 aromatic carbocycles. The quantitative estimate of drug-likeness (QED) is 0.426. The van der Waals surface area contributed by atoms with Crippen molar-refractivity contribution >= 4 is 45.6 Å². The molecule has 0 amide bonds. The molecule has 2 aromatic rings. The van der Waals surface area contributed by atoms with Crippen molar-refractivity contribution in [1.82, 2.24) is 0 Å². The maximum Gasteiger partial charge on any atom is 0.151 e. The van der Waals surface area contributed by atoms with E-state index in [1.165, 1.54) is 35.7 Å². The van der Waals surface area contributed by atoms with Crippen molar-refractivity contribution < 1.29 is 4.39 Å². The summed E-state index contributed by atoms with van der Waals surface area (Å²) in [6, 6.07) is 10.8. The van der Waals surface area contributed by atoms with Crippen LogP contribution in [0.4, 0.5) is 4.39 Å². The number of nitrogens with two attached hydrogens (primary N) is 2. The molecule has 0 atom stereocenters. The van der Waals surface area contributed by atoms with Crippen molar-refractivity contribution in [1.29, 1.82) is 10.8 Å². The van der Waals surface area contributed by atoms with Gasteiger partial charge in [0.05, 0.1) is 0 Å². The highest BCUT2D eigenvalue weighted by Crippen LogP contribution is 2.36. The first-order chi connectivity index (χ1) is 11.8. The Hall–Kier alpha value is -1.64. The minimum absolute atomic E-state index is 0.00862. The van der Waals surface area contributed by atoms with Crippen LogP contribution in [-0.4, -0.2) is 10.3 Å². The van der Waals surface area contributed by atoms with Crippen LogP contribution in [-0.2, 0) is 11.5 Å². The molecule has 4 nitrogen and oxygen atoms in total. The topological polar surface area (TPSA) is 99.7 Å². The molecule has 0 aromatic heterocycles. The van der Waals surface area contributed by atoms with Gasteiger partial charge in [-0.25, -0.2) is 4.39 Å². The highest BCUT2D eigenvalue weighted by atomic mass is 32.2. The number of nitrogens with one attached hydrogen (secondary N) is 2. The molecule has 0 aliphatic rings. The van der Waals surface area contributed by atoms with Crippen molar-refractivity contribution in [3.8, 4) is 0 Å². The average Bonchev–Trinajstić information content (AvgIpc) is 2.54. The summed E-state index contributed by atoms with van der Waals surface area (Å²) in [5, 5.41) is 14.8. The van der Waals surface area contributed by atoms with Crippen molar-refractivity contribution in [3.05, 3.63) is 58.9 Å². The zero-order valence-electron chi connectivity index (χ0n) is 13.6. The molecule has 0 saturated carbocycles. The molecular formula is C17H19FN4S3. The molecule has 0 radical (unpaired) electrons. The molecule has 25 heavy (non-hydrogen) atoms. The van der Waals surface area contributed by atoms with Crippen LogP contribution in [0.5, 0.6) is 0 Å². The highest BCUT2D eigenvalue weighted by Gasteiger charge is 2.11. The van der Waals surface area contributed by atoms with E-state index >= 15 is 0 Å². The number of aryl methyl sites for hydroxylation is 1. The van der Waals surface area contributed by atoms with Gasteiger partial charge >= 0.3 is 0 Å². The molecule has 0 bridgehead atoms. The fraction of sp³-hybridized carbons (Fsp3) is 0.176. The molecule has 0 aliphatic carbocycles. The first kappa shape index (κ1) is 19.7. The van der Waals surface area contributed by atoms with E-state index in [9.17, 15) is 4.39 Å². The molecule has 2 rings (SSSR count). The zero-order valence-corrected chi connectivity index (χ0v) is 16.1. The Morgan fingerprint density at radius 2 is 1.56 bits per heavy atom. The third-order valence-corrected chi connectivity index (χ3v) is 5.98. The third-order valence-electron chi connectivity index (χ3n) is 3.23. The summed E-state index contributed by atoms with van der Waals surface area (Å²) < 4.78 is 13.6. The molecule has 0 saturated heterocycles. The largest absolute Gasteiger partial charge is 0.379 e. The fourth-order valence-corrected chi connectivity index (χ4v) is 4.51. The molecule has 0 spiro atoms. The lowest BCUT2D eigenvalue weighted by atomic mass is 10.2. The van der Waals surface area contributed by atoms with Crippen molar-refractivity contribution in [2.75, 3.05) is 0 Å². The standard InChI is InChI=1S/C17H19FN4S3/c1-10-2-3-11(8-23-16(19)20)15(6-10)25-14-5-4-13(18)7-12(14)9-24-17(21)22/h2-7H,8-9H2,1H3,(H3,19,20)(H3,21,22). The van der Waals surface area contributed by atoms with E-state index in [1.54, 1.807) is 17.8 Å². The van der Waals surface area contributed by atoms with Crippen LogP contribution in [0.3, 0.4) is 0 Å². The van der Waals surface area contributed by atoms with E-state index in [2.05, 4.69) is 6.07 Å². The van der Waals surface area contributed by atoms with Crippen molar-refractivity contribution in [2.24, 2.45) is 11.5 Å². The first-order valence-corrected chi connectivity index (χ1v) is 10.1. The summed E-state index contributed by atoms with van der Waals surface area (Å²) in [6.45, 7) is 2.02. The summed E-state index contributed by atoms with van der Waals surface area (Å²) >= 11 is 4.00. The van der Waals surface area contributed by atoms with Crippen LogP contribution in [0.1, 0.15) is 16.7 Å². The summed E-state index contributed by atoms with van der Waals surface area (Å²) in [4.78, 5) is 1.98. The average molecular weight is 395 g/mol. The van der Waals surface area contributed by atoms with Gasteiger partial charge in [0, 0.05) is 21.3 Å². The third kappa shape index (κ3) is 6.30. The Morgan fingerprint density at radius 1 is 0.920 bits per heavy atom. The number of thioether (sulfide) groups is 2. The zero-order chi connectivity index (χ0) is 18.4. The van der Waals surface area contributed by atoms with E-state index in [0.717, 1.165) is 26.5 Å². The Kier molecular flexibility index (Phi) is 7.22. The molecule has 132 valence electrons. The van der Waals surface area contributed by atoms with E-state index in [-0.39, 0.29) is 16.2 Å². The number of benzene rings is 2. The molecule has 6 N–H and O–H groups in total. The van der Waals surface area contributed by atoms with Gasteiger partial charge < -0.3 is 11.5 Å². The van der Waals surface area contributed by atoms with Gasteiger partial charge in [0.1, 0.15) is 5.82 Å². The van der Waals surface area contributed by atoms with E-state index in [0.29, 0.717) is 11.5 Å². The van der Waals surface area contributed by atoms with Gasteiger partial charge in [-0.05, 0) is 47.9 Å². The van der Waals surface area contributed by atoms with Gasteiger partial charge in [-0.3, -0.25) is 10.8 Å². The van der Waals surface area contributed by atoms with Crippen molar-refractivity contribution in [3.63, 3.8) is 0 Å². The maximum absolute atomic E-state index is 13.6. The van der Waals surface area contributed by atoms with E-state index in [4.69, 9.17) is 22.3 Å². The van der Waals surface area contributed by atoms with E-state index < -0.39 is 0 Å². The maximum atomic E-state index is 13.6. The van der Waals surface area contributed by atoms with Gasteiger partial charge in [-0.15, -0.1) is 0 Å². The van der Waals surface area contributed by atoms with Crippen molar-refractivity contribution in [2.45, 2.75) is 28.2 Å². The molecule has 0 aliphatic heterocycles. The normalized spacial score (nSPS) is 10.6. The smallest absolute Gasteiger partial charge is 0.151 e. The second kappa shape index (κ2) is 9.17. The van der Waals surface area contributed by atoms with E-state index in [1.807, 2.05) is 19.1 Å². The summed E-state index contributed by atoms with van der Waals surface area (Å²) in [6.07, 6.45) is 0. The minimum atomic E-state index is -0.305. The number of rotatable bonds is 6. The number of hydrogen-bond donors (Lipinski definition) is 4. The molecule has 8 heteroatoms. The Balaban J connectivity index is 2.30. The van der Waals surface area contributed by atoms with Crippen LogP contribution < -0.4 is 11.5 Å². The van der Waals surface area contributed by atoms with Crippen LogP contribution in [0.2, 0.25) is 0 Å². The van der Waals surface area contributed by atoms with Gasteiger partial charge in [-0.1, -0.05) is 47.4 Å². The van der Waals surface area contributed by atoms with Gasteiger partial charge in [0.15, 0.2) is 10.3 Å². The Bertz CT molecular complexity index is 795. The molecular weight excluding hydrogens is 375 g/mol. The fourth-order valence-electron chi connectivity index (χ4n) is 2.07. The second-order valence-corrected chi connectivity index (χ2v) is 8.39. The van der Waals surface area contributed by atoms with Gasteiger partial charge in [-0.2, -0.15) is 0 Å². The van der Waals surface area contributed by atoms with Crippen LogP contribution in [0.15, 0.2) is 46.2 Å². The predicted molar refractivity (Wildman–Crippen MR) is 108 cm³/mol. The molecule has 0 unspecified atom stereocenters. The lowest BCUT2D eigenvalue weighted by Gasteiger charge is -2.13. The number of halogens is 1. The summed E-state index contributed by atoms with van der Waals surface area (Å²) in [5.41, 5.74) is 13.9. The SMILES string of the molecule is Cc1ccc(CSC(=N)N)c(Sc2ccc(F)cc2CSC(=N)N)c1. The Morgan fingerprint density at radius 3 is 2.20 bits per heavy atom. The summed E-state index contributed by atoms with van der Waals surface area (Å²) in [5.74, 6) is 0.746. The number of amidine groups is 2.